The van der Waals surface area contributed by atoms with Gasteiger partial charge in [-0.15, -0.1) is 0 Å². The first-order chi connectivity index (χ1) is 10.2. The Morgan fingerprint density at radius 1 is 1.14 bits per heavy atom. The molecule has 0 spiro atoms. The van der Waals surface area contributed by atoms with Crippen molar-refractivity contribution in [2.45, 2.75) is 6.42 Å². The summed E-state index contributed by atoms with van der Waals surface area (Å²) in [6, 6.07) is 15.4. The summed E-state index contributed by atoms with van der Waals surface area (Å²) in [5.74, 6) is -0.0218. The van der Waals surface area contributed by atoms with Crippen LogP contribution in [-0.2, 0) is 18.3 Å². The van der Waals surface area contributed by atoms with Gasteiger partial charge in [0, 0.05) is 25.2 Å². The Bertz CT molecular complexity index is 825. The van der Waals surface area contributed by atoms with E-state index in [1.807, 2.05) is 55.7 Å². The van der Waals surface area contributed by atoms with Gasteiger partial charge in [-0.05, 0) is 22.4 Å². The molecule has 3 heteroatoms. The van der Waals surface area contributed by atoms with Crippen molar-refractivity contribution in [3.05, 3.63) is 71.5 Å². The molecule has 0 aliphatic heterocycles. The Hall–Kier alpha value is -2.68. The number of hydrogen-bond donors (Lipinski definition) is 0. The van der Waals surface area contributed by atoms with E-state index in [0.717, 1.165) is 22.6 Å². The number of benzene rings is 2. The summed E-state index contributed by atoms with van der Waals surface area (Å²) in [7, 11) is 1.83. The van der Waals surface area contributed by atoms with Crippen LogP contribution in [0.1, 0.15) is 21.6 Å². The van der Waals surface area contributed by atoms with Crippen molar-refractivity contribution in [2.24, 2.45) is 7.05 Å². The second-order valence-electron chi connectivity index (χ2n) is 5.07. The van der Waals surface area contributed by atoms with Gasteiger partial charge in [-0.3, -0.25) is 4.79 Å². The van der Waals surface area contributed by atoms with Gasteiger partial charge in [0.2, 0.25) is 5.78 Å². The first-order valence-corrected chi connectivity index (χ1v) is 6.82. The van der Waals surface area contributed by atoms with Crippen LogP contribution in [0, 0.1) is 0 Å². The highest BCUT2D eigenvalue weighted by Crippen LogP contribution is 2.22. The molecule has 1 heterocycles. The van der Waals surface area contributed by atoms with Gasteiger partial charge in [0.1, 0.15) is 6.29 Å². The van der Waals surface area contributed by atoms with Crippen molar-refractivity contribution in [1.29, 1.82) is 0 Å². The van der Waals surface area contributed by atoms with Gasteiger partial charge in [-0.1, -0.05) is 42.5 Å². The summed E-state index contributed by atoms with van der Waals surface area (Å²) >= 11 is 0. The van der Waals surface area contributed by atoms with Crippen LogP contribution in [0.2, 0.25) is 0 Å². The lowest BCUT2D eigenvalue weighted by Gasteiger charge is -2.06. The molecule has 0 N–H and O–H groups in total. The Morgan fingerprint density at radius 2 is 1.90 bits per heavy atom. The molecule has 3 rings (SSSR count). The van der Waals surface area contributed by atoms with Crippen molar-refractivity contribution in [3.8, 4) is 0 Å². The zero-order valence-electron chi connectivity index (χ0n) is 11.7. The summed E-state index contributed by atoms with van der Waals surface area (Å²) in [4.78, 5) is 23.4. The molecule has 0 unspecified atom stereocenters. The van der Waals surface area contributed by atoms with Crippen LogP contribution in [0.15, 0.2) is 54.7 Å². The van der Waals surface area contributed by atoms with Crippen molar-refractivity contribution in [2.75, 3.05) is 0 Å². The van der Waals surface area contributed by atoms with Crippen molar-refractivity contribution < 1.29 is 9.59 Å². The standard InChI is InChI=1S/C18H15NO2/c1-19-12-13(9-10-20)11-17(19)18(21)16-8-4-6-14-5-2-3-7-15(14)16/h2-8,10-12H,9H2,1H3. The molecule has 104 valence electrons. The van der Waals surface area contributed by atoms with Crippen LogP contribution >= 0.6 is 0 Å². The monoisotopic (exact) mass is 277 g/mol. The summed E-state index contributed by atoms with van der Waals surface area (Å²) in [6.45, 7) is 0. The third-order valence-electron chi connectivity index (χ3n) is 3.65. The minimum absolute atomic E-state index is 0.0218. The number of fused-ring (bicyclic) bond motifs is 1. The average molecular weight is 277 g/mol. The summed E-state index contributed by atoms with van der Waals surface area (Å²) in [5.41, 5.74) is 2.14. The fourth-order valence-electron chi connectivity index (χ4n) is 2.63. The highest BCUT2D eigenvalue weighted by atomic mass is 16.1. The average Bonchev–Trinajstić information content (AvgIpc) is 2.87. The molecule has 1 aromatic heterocycles. The topological polar surface area (TPSA) is 39.1 Å². The summed E-state index contributed by atoms with van der Waals surface area (Å²) < 4.78 is 1.78. The number of carbonyl (C=O) groups excluding carboxylic acids is 2. The molecule has 0 aliphatic rings. The van der Waals surface area contributed by atoms with E-state index < -0.39 is 0 Å². The van der Waals surface area contributed by atoms with E-state index in [1.54, 1.807) is 10.6 Å². The third-order valence-corrected chi connectivity index (χ3v) is 3.65. The lowest BCUT2D eigenvalue weighted by molar-refractivity contribution is -0.107. The molecular weight excluding hydrogens is 262 g/mol. The van der Waals surface area contributed by atoms with Gasteiger partial charge in [0.25, 0.3) is 0 Å². The molecule has 21 heavy (non-hydrogen) atoms. The number of nitrogens with zero attached hydrogens (tertiary/aromatic N) is 1. The molecule has 0 radical (unpaired) electrons. The minimum Gasteiger partial charge on any atom is -0.348 e. The molecule has 0 fully saturated rings. The van der Waals surface area contributed by atoms with Gasteiger partial charge in [0.15, 0.2) is 0 Å². The van der Waals surface area contributed by atoms with E-state index in [9.17, 15) is 9.59 Å². The van der Waals surface area contributed by atoms with Crippen molar-refractivity contribution in [3.63, 3.8) is 0 Å². The number of ketones is 1. The number of carbonyl (C=O) groups is 2. The van der Waals surface area contributed by atoms with Crippen LogP contribution in [-0.4, -0.2) is 16.6 Å². The Balaban J connectivity index is 2.10. The van der Waals surface area contributed by atoms with Gasteiger partial charge in [0.05, 0.1) is 5.69 Å². The fourth-order valence-corrected chi connectivity index (χ4v) is 2.63. The molecule has 3 nitrogen and oxygen atoms in total. The fraction of sp³-hybridized carbons (Fsp3) is 0.111. The second-order valence-corrected chi connectivity index (χ2v) is 5.07. The lowest BCUT2D eigenvalue weighted by Crippen LogP contribution is -2.07. The van der Waals surface area contributed by atoms with E-state index in [-0.39, 0.29) is 5.78 Å². The van der Waals surface area contributed by atoms with Gasteiger partial charge in [-0.25, -0.2) is 0 Å². The largest absolute Gasteiger partial charge is 0.348 e. The van der Waals surface area contributed by atoms with Crippen molar-refractivity contribution in [1.82, 2.24) is 4.57 Å². The SMILES string of the molecule is Cn1cc(CC=O)cc1C(=O)c1cccc2ccccc12. The van der Waals surface area contributed by atoms with Crippen LogP contribution in [0.4, 0.5) is 0 Å². The minimum atomic E-state index is -0.0218. The maximum absolute atomic E-state index is 12.8. The molecule has 2 aromatic carbocycles. The third kappa shape index (κ3) is 2.38. The number of hydrogen-bond acceptors (Lipinski definition) is 2. The Morgan fingerprint density at radius 3 is 2.71 bits per heavy atom. The number of aldehydes is 1. The van der Waals surface area contributed by atoms with Crippen LogP contribution in [0.3, 0.4) is 0 Å². The summed E-state index contributed by atoms with van der Waals surface area (Å²) in [6.07, 6.45) is 3.00. The van der Waals surface area contributed by atoms with Gasteiger partial charge in [-0.2, -0.15) is 0 Å². The highest BCUT2D eigenvalue weighted by Gasteiger charge is 2.16. The molecule has 0 aliphatic carbocycles. The molecule has 0 saturated carbocycles. The zero-order valence-corrected chi connectivity index (χ0v) is 11.7. The van der Waals surface area contributed by atoms with E-state index >= 15 is 0 Å². The molecular formula is C18H15NO2. The van der Waals surface area contributed by atoms with Crippen LogP contribution < -0.4 is 0 Å². The first kappa shape index (κ1) is 13.3. The molecule has 0 saturated heterocycles. The van der Waals surface area contributed by atoms with Crippen molar-refractivity contribution >= 4 is 22.8 Å². The number of rotatable bonds is 4. The van der Waals surface area contributed by atoms with Crippen LogP contribution in [0.5, 0.6) is 0 Å². The highest BCUT2D eigenvalue weighted by molar-refractivity contribution is 6.15. The zero-order chi connectivity index (χ0) is 14.8. The maximum atomic E-state index is 12.8. The predicted molar refractivity (Wildman–Crippen MR) is 82.6 cm³/mol. The van der Waals surface area contributed by atoms with E-state index in [1.165, 1.54) is 0 Å². The van der Waals surface area contributed by atoms with Gasteiger partial charge < -0.3 is 9.36 Å². The lowest BCUT2D eigenvalue weighted by atomic mass is 10.00. The quantitative estimate of drug-likeness (QED) is 0.543. The molecule has 0 atom stereocenters. The normalized spacial score (nSPS) is 10.7. The predicted octanol–water partition coefficient (Wildman–Crippen LogP) is 3.15. The molecule has 3 aromatic rings. The maximum Gasteiger partial charge on any atom is 0.209 e. The molecule has 0 amide bonds. The summed E-state index contributed by atoms with van der Waals surface area (Å²) in [5, 5.41) is 1.99. The Labute approximate surface area is 122 Å². The van der Waals surface area contributed by atoms with Crippen LogP contribution in [0.25, 0.3) is 10.8 Å². The first-order valence-electron chi connectivity index (χ1n) is 6.82. The number of aromatic nitrogens is 1. The second kappa shape index (κ2) is 5.37. The van der Waals surface area contributed by atoms with E-state index in [2.05, 4.69) is 0 Å². The van der Waals surface area contributed by atoms with E-state index in [4.69, 9.17) is 0 Å². The smallest absolute Gasteiger partial charge is 0.209 e. The Kier molecular flexibility index (Phi) is 3.40. The van der Waals surface area contributed by atoms with Gasteiger partial charge >= 0.3 is 0 Å². The van der Waals surface area contributed by atoms with E-state index in [0.29, 0.717) is 17.7 Å². The molecule has 0 bridgehead atoms. The number of aryl methyl sites for hydroxylation is 1.